The van der Waals surface area contributed by atoms with E-state index >= 15 is 0 Å². The van der Waals surface area contributed by atoms with Gasteiger partial charge in [0.15, 0.2) is 11.5 Å². The number of carbonyl (C=O) groups is 1. The van der Waals surface area contributed by atoms with Crippen molar-refractivity contribution >= 4 is 39.1 Å². The first-order valence-corrected chi connectivity index (χ1v) is 8.42. The first kappa shape index (κ1) is 14.8. The molecule has 2 aromatic rings. The second-order valence-corrected chi connectivity index (χ2v) is 6.99. The summed E-state index contributed by atoms with van der Waals surface area (Å²) < 4.78 is 11.5. The number of carbonyl (C=O) groups excluding carboxylic acids is 1. The third-order valence-corrected chi connectivity index (χ3v) is 5.50. The van der Waals surface area contributed by atoms with Crippen molar-refractivity contribution in [3.63, 3.8) is 0 Å². The van der Waals surface area contributed by atoms with Crippen LogP contribution in [0.15, 0.2) is 40.9 Å². The third kappa shape index (κ3) is 2.58. The fraction of sp³-hybridized carbons (Fsp3) is 0.235. The Morgan fingerprint density at radius 3 is 2.65 bits per heavy atom. The van der Waals surface area contributed by atoms with Crippen LogP contribution in [-0.4, -0.2) is 12.7 Å². The van der Waals surface area contributed by atoms with Crippen molar-refractivity contribution < 1.29 is 14.3 Å². The van der Waals surface area contributed by atoms with Crippen molar-refractivity contribution in [3.8, 4) is 11.5 Å². The largest absolute Gasteiger partial charge is 0.454 e. The summed E-state index contributed by atoms with van der Waals surface area (Å²) in [5.74, 6) is 1.42. The van der Waals surface area contributed by atoms with E-state index in [0.29, 0.717) is 10.8 Å². The van der Waals surface area contributed by atoms with Gasteiger partial charge in [0, 0.05) is 10.2 Å². The summed E-state index contributed by atoms with van der Waals surface area (Å²) in [5.41, 5.74) is 1.21. The van der Waals surface area contributed by atoms with Crippen LogP contribution in [0.4, 0.5) is 5.69 Å². The molecule has 4 rings (SSSR count). The molecule has 0 atom stereocenters. The van der Waals surface area contributed by atoms with Gasteiger partial charge in [0.25, 0.3) is 0 Å². The summed E-state index contributed by atoms with van der Waals surface area (Å²) in [7, 11) is 0. The van der Waals surface area contributed by atoms with E-state index < -0.39 is 5.41 Å². The number of hydrogen-bond acceptors (Lipinski definition) is 3. The highest BCUT2D eigenvalue weighted by Crippen LogP contribution is 2.51. The summed E-state index contributed by atoms with van der Waals surface area (Å²) in [6.07, 6.45) is 1.65. The van der Waals surface area contributed by atoms with E-state index in [1.807, 2.05) is 18.2 Å². The van der Waals surface area contributed by atoms with Crippen LogP contribution in [0, 0.1) is 0 Å². The lowest BCUT2D eigenvalue weighted by atomic mass is 9.94. The van der Waals surface area contributed by atoms with E-state index in [1.165, 1.54) is 0 Å². The molecular formula is C17H13BrClNO3. The van der Waals surface area contributed by atoms with E-state index in [-0.39, 0.29) is 12.7 Å². The predicted molar refractivity (Wildman–Crippen MR) is 91.3 cm³/mol. The molecule has 1 fully saturated rings. The van der Waals surface area contributed by atoms with Crippen molar-refractivity contribution in [3.05, 3.63) is 51.5 Å². The van der Waals surface area contributed by atoms with E-state index in [1.54, 1.807) is 18.2 Å². The number of amides is 1. The quantitative estimate of drug-likeness (QED) is 0.834. The molecule has 6 heteroatoms. The third-order valence-electron chi connectivity index (χ3n) is 4.29. The van der Waals surface area contributed by atoms with Crippen LogP contribution in [-0.2, 0) is 10.2 Å². The number of anilines is 1. The zero-order chi connectivity index (χ0) is 16.0. The molecule has 1 N–H and O–H groups in total. The number of rotatable bonds is 3. The number of hydrogen-bond donors (Lipinski definition) is 1. The Hall–Kier alpha value is -1.72. The maximum atomic E-state index is 12.8. The van der Waals surface area contributed by atoms with Gasteiger partial charge in [-0.3, -0.25) is 4.79 Å². The molecule has 118 valence electrons. The number of fused-ring (bicyclic) bond motifs is 1. The first-order valence-electron chi connectivity index (χ1n) is 7.25. The zero-order valence-corrected chi connectivity index (χ0v) is 14.4. The molecule has 0 spiro atoms. The number of halogens is 2. The van der Waals surface area contributed by atoms with Gasteiger partial charge in [-0.2, -0.15) is 0 Å². The Morgan fingerprint density at radius 1 is 1.13 bits per heavy atom. The normalized spacial score (nSPS) is 17.0. The molecule has 23 heavy (non-hydrogen) atoms. The molecule has 1 aliphatic heterocycles. The Balaban J connectivity index is 1.59. The molecule has 0 radical (unpaired) electrons. The van der Waals surface area contributed by atoms with Gasteiger partial charge in [0.05, 0.1) is 10.4 Å². The summed E-state index contributed by atoms with van der Waals surface area (Å²) in [6, 6.07) is 11.1. The average molecular weight is 395 g/mol. The lowest BCUT2D eigenvalue weighted by Gasteiger charge is -2.16. The standard InChI is InChI=1S/C17H13BrClNO3/c18-12-8-11(2-3-13(12)19)20-16(21)17(5-6-17)10-1-4-14-15(7-10)23-9-22-14/h1-4,7-8H,5-6,9H2,(H,20,21). The predicted octanol–water partition coefficient (Wildman–Crippen LogP) is 4.50. The SMILES string of the molecule is O=C(Nc1ccc(Cl)c(Br)c1)C1(c2ccc3c(c2)OCO3)CC1. The van der Waals surface area contributed by atoms with Crippen LogP contribution in [0.5, 0.6) is 11.5 Å². The summed E-state index contributed by atoms with van der Waals surface area (Å²) in [6.45, 7) is 0.233. The van der Waals surface area contributed by atoms with Gasteiger partial charge in [0.1, 0.15) is 0 Å². The average Bonchev–Trinajstić information content (AvgIpc) is 3.22. The number of benzene rings is 2. The van der Waals surface area contributed by atoms with Crippen molar-refractivity contribution in [1.82, 2.24) is 0 Å². The van der Waals surface area contributed by atoms with Crippen LogP contribution in [0.1, 0.15) is 18.4 Å². The van der Waals surface area contributed by atoms with E-state index in [4.69, 9.17) is 21.1 Å². The van der Waals surface area contributed by atoms with E-state index in [2.05, 4.69) is 21.2 Å². The van der Waals surface area contributed by atoms with Crippen molar-refractivity contribution in [2.75, 3.05) is 12.1 Å². The van der Waals surface area contributed by atoms with Gasteiger partial charge in [-0.15, -0.1) is 0 Å². The van der Waals surface area contributed by atoms with E-state index in [9.17, 15) is 4.79 Å². The summed E-state index contributed by atoms with van der Waals surface area (Å²) >= 11 is 9.35. The van der Waals surface area contributed by atoms with Crippen LogP contribution in [0.3, 0.4) is 0 Å². The molecule has 0 saturated heterocycles. The van der Waals surface area contributed by atoms with Crippen molar-refractivity contribution in [1.29, 1.82) is 0 Å². The molecule has 0 bridgehead atoms. The molecular weight excluding hydrogens is 382 g/mol. The maximum Gasteiger partial charge on any atom is 0.235 e. The smallest absolute Gasteiger partial charge is 0.235 e. The Kier molecular flexibility index (Phi) is 3.50. The minimum Gasteiger partial charge on any atom is -0.454 e. The molecule has 2 aliphatic rings. The van der Waals surface area contributed by atoms with Gasteiger partial charge in [-0.1, -0.05) is 17.7 Å². The van der Waals surface area contributed by atoms with Crippen LogP contribution < -0.4 is 14.8 Å². The molecule has 1 amide bonds. The fourth-order valence-corrected chi connectivity index (χ4v) is 3.29. The van der Waals surface area contributed by atoms with Gasteiger partial charge in [-0.25, -0.2) is 0 Å². The highest BCUT2D eigenvalue weighted by atomic mass is 79.9. The highest BCUT2D eigenvalue weighted by Gasteiger charge is 2.51. The Labute approximate surface area is 146 Å². The van der Waals surface area contributed by atoms with Gasteiger partial charge >= 0.3 is 0 Å². The maximum absolute atomic E-state index is 12.8. The molecule has 1 heterocycles. The van der Waals surface area contributed by atoms with E-state index in [0.717, 1.165) is 34.3 Å². The molecule has 0 aromatic heterocycles. The zero-order valence-electron chi connectivity index (χ0n) is 12.1. The topological polar surface area (TPSA) is 47.6 Å². The number of nitrogens with one attached hydrogen (secondary N) is 1. The lowest BCUT2D eigenvalue weighted by molar-refractivity contribution is -0.118. The second-order valence-electron chi connectivity index (χ2n) is 5.73. The van der Waals surface area contributed by atoms with Crippen LogP contribution in [0.2, 0.25) is 5.02 Å². The summed E-state index contributed by atoms with van der Waals surface area (Å²) in [5, 5.41) is 3.59. The highest BCUT2D eigenvalue weighted by molar-refractivity contribution is 9.10. The second kappa shape index (κ2) is 5.42. The van der Waals surface area contributed by atoms with Gasteiger partial charge in [-0.05, 0) is 64.7 Å². The minimum atomic E-state index is -0.479. The fourth-order valence-electron chi connectivity index (χ4n) is 2.79. The van der Waals surface area contributed by atoms with Crippen molar-refractivity contribution in [2.24, 2.45) is 0 Å². The van der Waals surface area contributed by atoms with Gasteiger partial charge in [0.2, 0.25) is 12.7 Å². The first-order chi connectivity index (χ1) is 11.1. The molecule has 0 unspecified atom stereocenters. The Morgan fingerprint density at radius 2 is 1.91 bits per heavy atom. The van der Waals surface area contributed by atoms with Crippen LogP contribution in [0.25, 0.3) is 0 Å². The molecule has 2 aromatic carbocycles. The summed E-state index contributed by atoms with van der Waals surface area (Å²) in [4.78, 5) is 12.8. The molecule has 1 saturated carbocycles. The molecule has 4 nitrogen and oxygen atoms in total. The Bertz CT molecular complexity index is 804. The molecule has 1 aliphatic carbocycles. The van der Waals surface area contributed by atoms with Crippen molar-refractivity contribution in [2.45, 2.75) is 18.3 Å². The monoisotopic (exact) mass is 393 g/mol. The number of ether oxygens (including phenoxy) is 2. The van der Waals surface area contributed by atoms with Gasteiger partial charge < -0.3 is 14.8 Å². The minimum absolute atomic E-state index is 0.00872. The lowest BCUT2D eigenvalue weighted by Crippen LogP contribution is -2.27. The van der Waals surface area contributed by atoms with Crippen LogP contribution >= 0.6 is 27.5 Å².